The number of nitrogens with one attached hydrogen (secondary N) is 1. The Hall–Kier alpha value is -1.42. The number of halogens is 1. The van der Waals surface area contributed by atoms with Gasteiger partial charge in [0.05, 0.1) is 5.54 Å². The zero-order chi connectivity index (χ0) is 14.0. The molecule has 20 heavy (non-hydrogen) atoms. The van der Waals surface area contributed by atoms with Gasteiger partial charge in [-0.25, -0.2) is 4.39 Å². The number of carbonyl (C=O) groups excluding carboxylic acids is 1. The van der Waals surface area contributed by atoms with E-state index >= 15 is 0 Å². The van der Waals surface area contributed by atoms with Gasteiger partial charge in [0, 0.05) is 25.2 Å². The monoisotopic (exact) mass is 276 g/mol. The molecule has 0 bridgehead atoms. The van der Waals surface area contributed by atoms with Crippen LogP contribution in [0.5, 0.6) is 0 Å². The van der Waals surface area contributed by atoms with Gasteiger partial charge in [-0.1, -0.05) is 19.3 Å². The van der Waals surface area contributed by atoms with Crippen molar-refractivity contribution in [3.8, 4) is 0 Å². The Balaban J connectivity index is 1.85. The maximum atomic E-state index is 13.0. The predicted octanol–water partition coefficient (Wildman–Crippen LogP) is 2.57. The zero-order valence-electron chi connectivity index (χ0n) is 11.7. The summed E-state index contributed by atoms with van der Waals surface area (Å²) in [7, 11) is 0. The lowest BCUT2D eigenvalue weighted by atomic mass is 9.78. The normalized spacial score (nSPS) is 21.9. The Kier molecular flexibility index (Phi) is 3.74. The lowest BCUT2D eigenvalue weighted by Crippen LogP contribution is -2.63. The van der Waals surface area contributed by atoms with E-state index in [2.05, 4.69) is 5.32 Å². The van der Waals surface area contributed by atoms with Crippen molar-refractivity contribution in [3.05, 3.63) is 35.6 Å². The first-order valence-corrected chi connectivity index (χ1v) is 7.50. The molecule has 2 aliphatic rings. The van der Waals surface area contributed by atoms with E-state index in [0.717, 1.165) is 32.5 Å². The fourth-order valence-electron chi connectivity index (χ4n) is 3.57. The molecule has 1 aromatic carbocycles. The standard InChI is InChI=1S/C16H21FN2O/c17-14-6-4-13(5-7-14)15(20)19-11-10-18-12-16(19)8-2-1-3-9-16/h4-7,18H,1-3,8-12H2. The average molecular weight is 276 g/mol. The molecule has 3 nitrogen and oxygen atoms in total. The molecule has 4 heteroatoms. The number of rotatable bonds is 1. The van der Waals surface area contributed by atoms with Gasteiger partial charge in [-0.2, -0.15) is 0 Å². The Labute approximate surface area is 119 Å². The molecule has 1 aliphatic heterocycles. The maximum Gasteiger partial charge on any atom is 0.254 e. The van der Waals surface area contributed by atoms with Crippen LogP contribution < -0.4 is 5.32 Å². The van der Waals surface area contributed by atoms with Gasteiger partial charge in [0.2, 0.25) is 0 Å². The summed E-state index contributed by atoms with van der Waals surface area (Å²) in [5.74, 6) is -0.248. The lowest BCUT2D eigenvalue weighted by Gasteiger charge is -2.49. The summed E-state index contributed by atoms with van der Waals surface area (Å²) in [5.41, 5.74) is 0.570. The minimum Gasteiger partial charge on any atom is -0.330 e. The quantitative estimate of drug-likeness (QED) is 0.855. The Morgan fingerprint density at radius 3 is 2.55 bits per heavy atom. The van der Waals surface area contributed by atoms with E-state index in [1.54, 1.807) is 12.1 Å². The fraction of sp³-hybridized carbons (Fsp3) is 0.562. The molecule has 1 amide bonds. The average Bonchev–Trinajstić information content (AvgIpc) is 2.49. The Morgan fingerprint density at radius 1 is 1.15 bits per heavy atom. The van der Waals surface area contributed by atoms with E-state index in [0.29, 0.717) is 5.56 Å². The minimum atomic E-state index is -0.297. The van der Waals surface area contributed by atoms with Crippen molar-refractivity contribution in [2.75, 3.05) is 19.6 Å². The molecular weight excluding hydrogens is 255 g/mol. The Morgan fingerprint density at radius 2 is 1.85 bits per heavy atom. The number of amides is 1. The van der Waals surface area contributed by atoms with Gasteiger partial charge in [-0.3, -0.25) is 4.79 Å². The summed E-state index contributed by atoms with van der Waals surface area (Å²) >= 11 is 0. The number of carbonyl (C=O) groups is 1. The highest BCUT2D eigenvalue weighted by atomic mass is 19.1. The van der Waals surface area contributed by atoms with Crippen LogP contribution in [-0.2, 0) is 0 Å². The van der Waals surface area contributed by atoms with E-state index < -0.39 is 0 Å². The van der Waals surface area contributed by atoms with E-state index in [1.165, 1.54) is 31.4 Å². The van der Waals surface area contributed by atoms with Gasteiger partial charge < -0.3 is 10.2 Å². The molecule has 1 heterocycles. The summed E-state index contributed by atoms with van der Waals surface area (Å²) in [5, 5.41) is 3.44. The molecule has 2 fully saturated rings. The molecule has 1 spiro atoms. The zero-order valence-corrected chi connectivity index (χ0v) is 11.7. The second kappa shape index (κ2) is 5.52. The molecule has 1 aromatic rings. The van der Waals surface area contributed by atoms with Crippen molar-refractivity contribution >= 4 is 5.91 Å². The van der Waals surface area contributed by atoms with Crippen molar-refractivity contribution < 1.29 is 9.18 Å². The predicted molar refractivity (Wildman–Crippen MR) is 76.1 cm³/mol. The van der Waals surface area contributed by atoms with E-state index in [4.69, 9.17) is 0 Å². The Bertz CT molecular complexity index is 471. The third-order valence-corrected chi connectivity index (χ3v) is 4.66. The van der Waals surface area contributed by atoms with Crippen LogP contribution in [0.3, 0.4) is 0 Å². The van der Waals surface area contributed by atoms with Gasteiger partial charge >= 0.3 is 0 Å². The van der Waals surface area contributed by atoms with E-state index in [1.807, 2.05) is 4.90 Å². The number of benzene rings is 1. The van der Waals surface area contributed by atoms with Crippen LogP contribution >= 0.6 is 0 Å². The third-order valence-electron chi connectivity index (χ3n) is 4.66. The fourth-order valence-corrected chi connectivity index (χ4v) is 3.57. The van der Waals surface area contributed by atoms with Crippen LogP contribution in [0.2, 0.25) is 0 Å². The molecule has 0 radical (unpaired) electrons. The van der Waals surface area contributed by atoms with Crippen molar-refractivity contribution in [3.63, 3.8) is 0 Å². The summed E-state index contributed by atoms with van der Waals surface area (Å²) in [6.07, 6.45) is 5.80. The van der Waals surface area contributed by atoms with Crippen LogP contribution in [0.15, 0.2) is 24.3 Å². The molecule has 1 N–H and O–H groups in total. The summed E-state index contributed by atoms with van der Waals surface area (Å²) in [6, 6.07) is 5.92. The maximum absolute atomic E-state index is 13.0. The molecule has 108 valence electrons. The van der Waals surface area contributed by atoms with Crippen LogP contribution in [-0.4, -0.2) is 36.0 Å². The third kappa shape index (κ3) is 2.44. The number of piperazine rings is 1. The van der Waals surface area contributed by atoms with Crippen molar-refractivity contribution in [2.45, 2.75) is 37.6 Å². The largest absolute Gasteiger partial charge is 0.330 e. The number of nitrogens with zero attached hydrogens (tertiary/aromatic N) is 1. The van der Waals surface area contributed by atoms with Crippen LogP contribution in [0.4, 0.5) is 4.39 Å². The second-order valence-electron chi connectivity index (χ2n) is 5.93. The molecule has 0 aromatic heterocycles. The summed E-state index contributed by atoms with van der Waals surface area (Å²) < 4.78 is 13.0. The van der Waals surface area contributed by atoms with Gasteiger partial charge in [-0.15, -0.1) is 0 Å². The van der Waals surface area contributed by atoms with Crippen LogP contribution in [0.25, 0.3) is 0 Å². The van der Waals surface area contributed by atoms with Crippen molar-refractivity contribution in [1.82, 2.24) is 10.2 Å². The molecule has 0 atom stereocenters. The SMILES string of the molecule is O=C(c1ccc(F)cc1)N1CCNCC12CCCCC2. The van der Waals surface area contributed by atoms with E-state index in [-0.39, 0.29) is 17.3 Å². The highest BCUT2D eigenvalue weighted by Crippen LogP contribution is 2.35. The van der Waals surface area contributed by atoms with Crippen molar-refractivity contribution in [1.29, 1.82) is 0 Å². The minimum absolute atomic E-state index is 0.0258. The summed E-state index contributed by atoms with van der Waals surface area (Å²) in [4.78, 5) is 14.8. The van der Waals surface area contributed by atoms with Crippen molar-refractivity contribution in [2.24, 2.45) is 0 Å². The number of hydrogen-bond donors (Lipinski definition) is 1. The topological polar surface area (TPSA) is 32.3 Å². The highest BCUT2D eigenvalue weighted by molar-refractivity contribution is 5.94. The second-order valence-corrected chi connectivity index (χ2v) is 5.93. The first-order valence-electron chi connectivity index (χ1n) is 7.50. The lowest BCUT2D eigenvalue weighted by molar-refractivity contribution is 0.0222. The first-order chi connectivity index (χ1) is 9.71. The number of hydrogen-bond acceptors (Lipinski definition) is 2. The highest BCUT2D eigenvalue weighted by Gasteiger charge is 2.42. The molecule has 1 aliphatic carbocycles. The van der Waals surface area contributed by atoms with Gasteiger partial charge in [0.25, 0.3) is 5.91 Å². The summed E-state index contributed by atoms with van der Waals surface area (Å²) in [6.45, 7) is 2.48. The van der Waals surface area contributed by atoms with Crippen LogP contribution in [0, 0.1) is 5.82 Å². The van der Waals surface area contributed by atoms with Gasteiger partial charge in [-0.05, 0) is 37.1 Å². The first kappa shape index (κ1) is 13.6. The van der Waals surface area contributed by atoms with Gasteiger partial charge in [0.15, 0.2) is 0 Å². The molecule has 1 saturated carbocycles. The molecular formula is C16H21FN2O. The van der Waals surface area contributed by atoms with Crippen LogP contribution in [0.1, 0.15) is 42.5 Å². The van der Waals surface area contributed by atoms with Gasteiger partial charge in [0.1, 0.15) is 5.82 Å². The molecule has 1 saturated heterocycles. The smallest absolute Gasteiger partial charge is 0.254 e. The molecule has 0 unspecified atom stereocenters. The van der Waals surface area contributed by atoms with E-state index in [9.17, 15) is 9.18 Å². The molecule has 3 rings (SSSR count).